The fourth-order valence-electron chi connectivity index (χ4n) is 3.40. The Bertz CT molecular complexity index is 822. The zero-order chi connectivity index (χ0) is 19.1. The van der Waals surface area contributed by atoms with Gasteiger partial charge in [0.1, 0.15) is 5.75 Å². The second kappa shape index (κ2) is 8.52. The van der Waals surface area contributed by atoms with Crippen LogP contribution in [0.3, 0.4) is 0 Å². The Hall–Kier alpha value is -3.11. The summed E-state index contributed by atoms with van der Waals surface area (Å²) >= 11 is 0. The van der Waals surface area contributed by atoms with Crippen LogP contribution >= 0.6 is 0 Å². The third-order valence-corrected chi connectivity index (χ3v) is 4.70. The first-order chi connectivity index (χ1) is 13.2. The molecule has 0 saturated carbocycles. The number of nitrogens with one attached hydrogen (secondary N) is 1. The molecule has 3 aromatic carbocycles. The highest BCUT2D eigenvalue weighted by Gasteiger charge is 2.35. The van der Waals surface area contributed by atoms with Gasteiger partial charge in [0, 0.05) is 13.0 Å². The molecule has 0 fully saturated rings. The standard InChI is InChI=1S/C23H24N2O2/c1-27-21-14-12-20(13-15-21)23(25-17-16-22(24)26,18-8-4-2-5-9-18)19-10-6-3-7-11-19/h2-15,25H,16-17H2,1H3,(H2,24,26). The molecule has 0 atom stereocenters. The summed E-state index contributed by atoms with van der Waals surface area (Å²) in [5.74, 6) is 0.471. The van der Waals surface area contributed by atoms with Crippen molar-refractivity contribution in [3.63, 3.8) is 0 Å². The average molecular weight is 360 g/mol. The van der Waals surface area contributed by atoms with E-state index in [2.05, 4.69) is 41.7 Å². The minimum Gasteiger partial charge on any atom is -0.497 e. The number of carbonyl (C=O) groups is 1. The second-order valence-corrected chi connectivity index (χ2v) is 6.35. The molecular weight excluding hydrogens is 336 g/mol. The van der Waals surface area contributed by atoms with E-state index in [9.17, 15) is 4.79 Å². The van der Waals surface area contributed by atoms with Crippen LogP contribution in [0.5, 0.6) is 5.75 Å². The molecule has 4 nitrogen and oxygen atoms in total. The number of hydrogen-bond acceptors (Lipinski definition) is 3. The topological polar surface area (TPSA) is 64.3 Å². The third kappa shape index (κ3) is 4.01. The summed E-state index contributed by atoms with van der Waals surface area (Å²) in [5, 5.41) is 3.61. The number of primary amides is 1. The van der Waals surface area contributed by atoms with Crippen LogP contribution in [-0.2, 0) is 10.3 Å². The van der Waals surface area contributed by atoms with Crippen LogP contribution in [0.25, 0.3) is 0 Å². The van der Waals surface area contributed by atoms with E-state index in [1.807, 2.05) is 48.5 Å². The van der Waals surface area contributed by atoms with Gasteiger partial charge < -0.3 is 10.5 Å². The number of rotatable bonds is 8. The van der Waals surface area contributed by atoms with Crippen molar-refractivity contribution < 1.29 is 9.53 Å². The summed E-state index contributed by atoms with van der Waals surface area (Å²) in [6, 6.07) is 28.4. The van der Waals surface area contributed by atoms with E-state index in [0.29, 0.717) is 6.54 Å². The molecule has 4 heteroatoms. The van der Waals surface area contributed by atoms with Crippen molar-refractivity contribution in [1.82, 2.24) is 5.32 Å². The van der Waals surface area contributed by atoms with Crippen LogP contribution in [0.1, 0.15) is 23.1 Å². The predicted molar refractivity (Wildman–Crippen MR) is 108 cm³/mol. The Morgan fingerprint density at radius 1 is 0.852 bits per heavy atom. The average Bonchev–Trinajstić information content (AvgIpc) is 2.72. The minimum absolute atomic E-state index is 0.261. The van der Waals surface area contributed by atoms with Gasteiger partial charge in [0.05, 0.1) is 12.6 Å². The number of ether oxygens (including phenoxy) is 1. The summed E-state index contributed by atoms with van der Waals surface area (Å²) in [5.41, 5.74) is 8.01. The molecule has 0 aliphatic heterocycles. The smallest absolute Gasteiger partial charge is 0.218 e. The molecule has 0 radical (unpaired) electrons. The lowest BCUT2D eigenvalue weighted by molar-refractivity contribution is -0.117. The first kappa shape index (κ1) is 18.7. The van der Waals surface area contributed by atoms with E-state index >= 15 is 0 Å². The summed E-state index contributed by atoms with van der Waals surface area (Å²) in [7, 11) is 1.65. The lowest BCUT2D eigenvalue weighted by atomic mass is 9.77. The van der Waals surface area contributed by atoms with Gasteiger partial charge in [0.25, 0.3) is 0 Å². The Balaban J connectivity index is 2.18. The molecular formula is C23H24N2O2. The second-order valence-electron chi connectivity index (χ2n) is 6.35. The first-order valence-electron chi connectivity index (χ1n) is 8.96. The maximum absolute atomic E-state index is 11.3. The third-order valence-electron chi connectivity index (χ3n) is 4.70. The molecule has 1 amide bonds. The molecule has 3 aromatic rings. The Morgan fingerprint density at radius 2 is 1.33 bits per heavy atom. The molecule has 3 rings (SSSR count). The van der Waals surface area contributed by atoms with Crippen molar-refractivity contribution in [3.05, 3.63) is 102 Å². The van der Waals surface area contributed by atoms with Crippen molar-refractivity contribution in [1.29, 1.82) is 0 Å². The molecule has 138 valence electrons. The maximum Gasteiger partial charge on any atom is 0.218 e. The van der Waals surface area contributed by atoms with E-state index < -0.39 is 5.54 Å². The van der Waals surface area contributed by atoms with Crippen molar-refractivity contribution in [2.24, 2.45) is 5.73 Å². The molecule has 0 aliphatic rings. The summed E-state index contributed by atoms with van der Waals surface area (Å²) in [6.45, 7) is 0.463. The van der Waals surface area contributed by atoms with Crippen LogP contribution in [0.4, 0.5) is 0 Å². The van der Waals surface area contributed by atoms with Crippen molar-refractivity contribution in [2.75, 3.05) is 13.7 Å². The highest BCUT2D eigenvalue weighted by Crippen LogP contribution is 2.37. The largest absolute Gasteiger partial charge is 0.497 e. The summed E-state index contributed by atoms with van der Waals surface area (Å²) in [4.78, 5) is 11.3. The van der Waals surface area contributed by atoms with E-state index in [0.717, 1.165) is 22.4 Å². The van der Waals surface area contributed by atoms with Gasteiger partial charge in [0.15, 0.2) is 0 Å². The van der Waals surface area contributed by atoms with Gasteiger partial charge in [-0.05, 0) is 28.8 Å². The van der Waals surface area contributed by atoms with Crippen LogP contribution in [0, 0.1) is 0 Å². The van der Waals surface area contributed by atoms with Crippen molar-refractivity contribution >= 4 is 5.91 Å². The molecule has 0 aliphatic carbocycles. The molecule has 0 saturated heterocycles. The van der Waals surface area contributed by atoms with Gasteiger partial charge in [-0.15, -0.1) is 0 Å². The molecule has 0 spiro atoms. The fourth-order valence-corrected chi connectivity index (χ4v) is 3.40. The van der Waals surface area contributed by atoms with Gasteiger partial charge in [-0.1, -0.05) is 72.8 Å². The van der Waals surface area contributed by atoms with E-state index in [1.54, 1.807) is 7.11 Å². The molecule has 0 heterocycles. The number of carbonyl (C=O) groups excluding carboxylic acids is 1. The maximum atomic E-state index is 11.3. The Kier molecular flexibility index (Phi) is 5.89. The highest BCUT2D eigenvalue weighted by molar-refractivity contribution is 5.74. The van der Waals surface area contributed by atoms with E-state index in [1.165, 1.54) is 0 Å². The quantitative estimate of drug-likeness (QED) is 0.605. The SMILES string of the molecule is COc1ccc(C(NCCC(N)=O)(c2ccccc2)c2ccccc2)cc1. The lowest BCUT2D eigenvalue weighted by Crippen LogP contribution is -2.45. The zero-order valence-corrected chi connectivity index (χ0v) is 15.4. The van der Waals surface area contributed by atoms with Gasteiger partial charge in [0.2, 0.25) is 5.91 Å². The highest BCUT2D eigenvalue weighted by atomic mass is 16.5. The van der Waals surface area contributed by atoms with Gasteiger partial charge in [-0.2, -0.15) is 0 Å². The van der Waals surface area contributed by atoms with Crippen LogP contribution in [-0.4, -0.2) is 19.6 Å². The first-order valence-corrected chi connectivity index (χ1v) is 8.96. The van der Waals surface area contributed by atoms with Gasteiger partial charge in [-0.25, -0.2) is 0 Å². The molecule has 0 unspecified atom stereocenters. The summed E-state index contributed by atoms with van der Waals surface area (Å²) < 4.78 is 5.32. The normalized spacial score (nSPS) is 11.1. The van der Waals surface area contributed by atoms with Crippen LogP contribution < -0.4 is 15.8 Å². The lowest BCUT2D eigenvalue weighted by Gasteiger charge is -2.37. The number of amides is 1. The fraction of sp³-hybridized carbons (Fsp3) is 0.174. The predicted octanol–water partition coefficient (Wildman–Crippen LogP) is 3.45. The Morgan fingerprint density at radius 3 is 1.78 bits per heavy atom. The monoisotopic (exact) mass is 360 g/mol. The van der Waals surface area contributed by atoms with E-state index in [4.69, 9.17) is 10.5 Å². The summed E-state index contributed by atoms with van der Waals surface area (Å²) in [6.07, 6.45) is 0.261. The zero-order valence-electron chi connectivity index (χ0n) is 15.4. The number of methoxy groups -OCH3 is 1. The van der Waals surface area contributed by atoms with Crippen molar-refractivity contribution in [2.45, 2.75) is 12.0 Å². The van der Waals surface area contributed by atoms with Crippen molar-refractivity contribution in [3.8, 4) is 5.75 Å². The number of nitrogens with two attached hydrogens (primary N) is 1. The number of hydrogen-bond donors (Lipinski definition) is 2. The van der Waals surface area contributed by atoms with Crippen LogP contribution in [0.15, 0.2) is 84.9 Å². The minimum atomic E-state index is -0.607. The molecule has 0 aromatic heterocycles. The van der Waals surface area contributed by atoms with Crippen LogP contribution in [0.2, 0.25) is 0 Å². The molecule has 27 heavy (non-hydrogen) atoms. The van der Waals surface area contributed by atoms with Gasteiger partial charge in [-0.3, -0.25) is 10.1 Å². The number of benzene rings is 3. The molecule has 3 N–H and O–H groups in total. The van der Waals surface area contributed by atoms with E-state index in [-0.39, 0.29) is 12.3 Å². The molecule has 0 bridgehead atoms. The van der Waals surface area contributed by atoms with Gasteiger partial charge >= 0.3 is 0 Å². The Labute approximate surface area is 160 Å².